The van der Waals surface area contributed by atoms with Crippen molar-refractivity contribution in [2.24, 2.45) is 0 Å². The van der Waals surface area contributed by atoms with Gasteiger partial charge >= 0.3 is 0 Å². The molecule has 0 bridgehead atoms. The van der Waals surface area contributed by atoms with Crippen molar-refractivity contribution in [1.82, 2.24) is 0 Å². The minimum Gasteiger partial charge on any atom is -0.289 e. The summed E-state index contributed by atoms with van der Waals surface area (Å²) in [6.07, 6.45) is 0. The van der Waals surface area contributed by atoms with E-state index >= 15 is 0 Å². The summed E-state index contributed by atoms with van der Waals surface area (Å²) in [4.78, 5) is 27.2. The summed E-state index contributed by atoms with van der Waals surface area (Å²) >= 11 is 0. The third-order valence-corrected chi connectivity index (χ3v) is 6.22. The van der Waals surface area contributed by atoms with Gasteiger partial charge in [0.05, 0.1) is 0 Å². The van der Waals surface area contributed by atoms with Crippen LogP contribution < -0.4 is 0 Å². The summed E-state index contributed by atoms with van der Waals surface area (Å²) in [7, 11) is 0. The fraction of sp³-hybridized carbons (Fsp3) is 0.154. The first-order chi connectivity index (χ1) is 13.4. The van der Waals surface area contributed by atoms with Crippen molar-refractivity contribution < 1.29 is 9.59 Å². The molecule has 0 aromatic heterocycles. The van der Waals surface area contributed by atoms with Gasteiger partial charge in [-0.3, -0.25) is 9.59 Å². The summed E-state index contributed by atoms with van der Waals surface area (Å²) < 4.78 is 0. The van der Waals surface area contributed by atoms with Crippen molar-refractivity contribution in [3.05, 3.63) is 93.0 Å². The first kappa shape index (κ1) is 16.9. The van der Waals surface area contributed by atoms with Crippen LogP contribution in [0.15, 0.2) is 48.5 Å². The summed E-state index contributed by atoms with van der Waals surface area (Å²) in [6.45, 7) is 7.91. The maximum atomic E-state index is 13.7. The van der Waals surface area contributed by atoms with Crippen LogP contribution in [-0.2, 0) is 0 Å². The van der Waals surface area contributed by atoms with E-state index in [0.717, 1.165) is 43.8 Å². The molecule has 1 aliphatic rings. The fourth-order valence-electron chi connectivity index (χ4n) is 4.77. The largest absolute Gasteiger partial charge is 0.289 e. The Kier molecular flexibility index (Phi) is 3.39. The molecule has 0 unspecified atom stereocenters. The number of rotatable bonds is 0. The van der Waals surface area contributed by atoms with Crippen LogP contribution in [0.25, 0.3) is 21.5 Å². The summed E-state index contributed by atoms with van der Waals surface area (Å²) in [6, 6.07) is 16.1. The third-order valence-electron chi connectivity index (χ3n) is 6.22. The fourth-order valence-corrected chi connectivity index (χ4v) is 4.77. The normalized spacial score (nSPS) is 13.1. The summed E-state index contributed by atoms with van der Waals surface area (Å²) in [5, 5.41) is 4.12. The lowest BCUT2D eigenvalue weighted by atomic mass is 9.75. The lowest BCUT2D eigenvalue weighted by molar-refractivity contribution is 0.0978. The minimum absolute atomic E-state index is 0.0307. The maximum absolute atomic E-state index is 13.7. The van der Waals surface area contributed by atoms with Gasteiger partial charge in [0.15, 0.2) is 11.6 Å². The van der Waals surface area contributed by atoms with E-state index in [1.165, 1.54) is 0 Å². The molecule has 0 radical (unpaired) electrons. The van der Waals surface area contributed by atoms with Gasteiger partial charge in [0.25, 0.3) is 0 Å². The van der Waals surface area contributed by atoms with Crippen molar-refractivity contribution in [2.45, 2.75) is 27.7 Å². The summed E-state index contributed by atoms with van der Waals surface area (Å²) in [5.74, 6) is -0.0709. The molecule has 4 aromatic carbocycles. The molecule has 4 aromatic rings. The predicted octanol–water partition coefficient (Wildman–Crippen LogP) is 6.00. The van der Waals surface area contributed by atoms with Crippen molar-refractivity contribution in [3.63, 3.8) is 0 Å². The van der Waals surface area contributed by atoms with Crippen molar-refractivity contribution in [3.8, 4) is 0 Å². The van der Waals surface area contributed by atoms with E-state index in [-0.39, 0.29) is 11.6 Å². The van der Waals surface area contributed by atoms with Gasteiger partial charge in [0.2, 0.25) is 0 Å². The van der Waals surface area contributed by atoms with Gasteiger partial charge < -0.3 is 0 Å². The number of hydrogen-bond acceptors (Lipinski definition) is 2. The molecule has 0 amide bonds. The molecule has 2 nitrogen and oxygen atoms in total. The number of ketones is 2. The van der Waals surface area contributed by atoms with Crippen LogP contribution in [0.4, 0.5) is 0 Å². The van der Waals surface area contributed by atoms with E-state index in [4.69, 9.17) is 0 Å². The highest BCUT2D eigenvalue weighted by molar-refractivity contribution is 6.32. The van der Waals surface area contributed by atoms with Gasteiger partial charge in [-0.25, -0.2) is 0 Å². The predicted molar refractivity (Wildman–Crippen MR) is 114 cm³/mol. The highest BCUT2D eigenvalue weighted by Gasteiger charge is 2.35. The number of benzene rings is 4. The van der Waals surface area contributed by atoms with Crippen LogP contribution in [0.1, 0.15) is 54.1 Å². The average Bonchev–Trinajstić information content (AvgIpc) is 2.69. The average molecular weight is 364 g/mol. The highest BCUT2D eigenvalue weighted by atomic mass is 16.1. The molecule has 0 saturated heterocycles. The van der Waals surface area contributed by atoms with E-state index in [1.54, 1.807) is 0 Å². The van der Waals surface area contributed by atoms with Crippen LogP contribution >= 0.6 is 0 Å². The number of hydrogen-bond donors (Lipinski definition) is 0. The van der Waals surface area contributed by atoms with Crippen LogP contribution in [0.2, 0.25) is 0 Å². The third kappa shape index (κ3) is 2.03. The molecule has 5 rings (SSSR count). The molecule has 28 heavy (non-hydrogen) atoms. The van der Waals surface area contributed by atoms with E-state index in [2.05, 4.69) is 6.07 Å². The van der Waals surface area contributed by atoms with E-state index in [9.17, 15) is 9.59 Å². The number of fused-ring (bicyclic) bond motifs is 4. The molecular weight excluding hydrogens is 344 g/mol. The Hall–Kier alpha value is -3.26. The zero-order chi connectivity index (χ0) is 19.7. The maximum Gasteiger partial charge on any atom is 0.195 e. The monoisotopic (exact) mass is 364 g/mol. The smallest absolute Gasteiger partial charge is 0.195 e. The second kappa shape index (κ2) is 5.62. The van der Waals surface area contributed by atoms with Gasteiger partial charge in [-0.15, -0.1) is 0 Å². The molecule has 0 saturated carbocycles. The van der Waals surface area contributed by atoms with Gasteiger partial charge in [0, 0.05) is 22.3 Å². The molecule has 136 valence electrons. The molecule has 0 spiro atoms. The van der Waals surface area contributed by atoms with E-state index in [0.29, 0.717) is 22.3 Å². The van der Waals surface area contributed by atoms with E-state index < -0.39 is 0 Å². The molecular formula is C26H20O2. The summed E-state index contributed by atoms with van der Waals surface area (Å²) in [5.41, 5.74) is 6.06. The van der Waals surface area contributed by atoms with E-state index in [1.807, 2.05) is 70.2 Å². The van der Waals surface area contributed by atoms with Crippen molar-refractivity contribution in [2.75, 3.05) is 0 Å². The molecule has 0 heterocycles. The Labute approximate surface area is 163 Å². The van der Waals surface area contributed by atoms with Crippen LogP contribution in [0.5, 0.6) is 0 Å². The van der Waals surface area contributed by atoms with Gasteiger partial charge in [-0.05, 0) is 72.0 Å². The Bertz CT molecular complexity index is 1370. The Morgan fingerprint density at radius 1 is 0.571 bits per heavy atom. The molecule has 0 aliphatic heterocycles. The van der Waals surface area contributed by atoms with Gasteiger partial charge in [-0.2, -0.15) is 0 Å². The molecule has 0 atom stereocenters. The zero-order valence-electron chi connectivity index (χ0n) is 16.4. The second-order valence-corrected chi connectivity index (χ2v) is 7.85. The number of aryl methyl sites for hydroxylation is 4. The second-order valence-electron chi connectivity index (χ2n) is 7.85. The molecule has 1 aliphatic carbocycles. The number of carbonyl (C=O) groups is 2. The van der Waals surface area contributed by atoms with Gasteiger partial charge in [-0.1, -0.05) is 48.0 Å². The zero-order valence-corrected chi connectivity index (χ0v) is 16.4. The SMILES string of the molecule is Cc1ccc2cc3c(c(C)c2c1)C(=O)c1c(c(C)c2ccccc2c1C)C3=O. The minimum atomic E-state index is -0.0403. The van der Waals surface area contributed by atoms with Crippen LogP contribution in [-0.4, -0.2) is 11.6 Å². The van der Waals surface area contributed by atoms with Crippen molar-refractivity contribution in [1.29, 1.82) is 0 Å². The lowest BCUT2D eigenvalue weighted by Crippen LogP contribution is -2.24. The lowest BCUT2D eigenvalue weighted by Gasteiger charge is -2.25. The first-order valence-corrected chi connectivity index (χ1v) is 9.55. The van der Waals surface area contributed by atoms with Crippen LogP contribution in [0, 0.1) is 27.7 Å². The Balaban J connectivity index is 1.94. The van der Waals surface area contributed by atoms with Crippen molar-refractivity contribution >= 4 is 33.1 Å². The number of carbonyl (C=O) groups excluding carboxylic acids is 2. The van der Waals surface area contributed by atoms with Gasteiger partial charge in [0.1, 0.15) is 0 Å². The Morgan fingerprint density at radius 2 is 1.14 bits per heavy atom. The highest BCUT2D eigenvalue weighted by Crippen LogP contribution is 2.39. The standard InChI is InChI=1S/C26H20O2/c1-13-9-10-17-12-21-22(16(4)20(17)11-13)26(28)24-15(3)19-8-6-5-7-18(19)14(2)23(24)25(21)27/h5-12H,1-4H3. The molecule has 0 fully saturated rings. The van der Waals surface area contributed by atoms with Crippen LogP contribution in [0.3, 0.4) is 0 Å². The quantitative estimate of drug-likeness (QED) is 0.338. The molecule has 2 heteroatoms. The Morgan fingerprint density at radius 3 is 1.79 bits per heavy atom. The topological polar surface area (TPSA) is 34.1 Å². The molecule has 0 N–H and O–H groups in total. The first-order valence-electron chi connectivity index (χ1n) is 9.55.